The molecule has 1 aromatic carbocycles. The number of ether oxygens (including phenoxy) is 1. The molecule has 0 atom stereocenters. The fraction of sp³-hybridized carbons (Fsp3) is 0.353. The van der Waals surface area contributed by atoms with Gasteiger partial charge in [-0.2, -0.15) is 0 Å². The Morgan fingerprint density at radius 3 is 2.50 bits per heavy atom. The monoisotopic (exact) mass is 376 g/mol. The van der Waals surface area contributed by atoms with Crippen LogP contribution in [0.25, 0.3) is 0 Å². The molecular weight excluding hydrogens is 356 g/mol. The van der Waals surface area contributed by atoms with Crippen molar-refractivity contribution >= 4 is 35.1 Å². The van der Waals surface area contributed by atoms with Crippen LogP contribution in [0, 0.1) is 0 Å². The Labute approximate surface area is 155 Å². The molecule has 26 heavy (non-hydrogen) atoms. The van der Waals surface area contributed by atoms with Crippen molar-refractivity contribution in [3.05, 3.63) is 35.7 Å². The Balaban J connectivity index is 1.94. The summed E-state index contributed by atoms with van der Waals surface area (Å²) < 4.78 is 6.57. The maximum Gasteiger partial charge on any atom is 0.313 e. The summed E-state index contributed by atoms with van der Waals surface area (Å²) in [7, 11) is 1.74. The van der Waals surface area contributed by atoms with Gasteiger partial charge in [-0.05, 0) is 31.2 Å². The first-order valence-electron chi connectivity index (χ1n) is 7.98. The van der Waals surface area contributed by atoms with Crippen LogP contribution >= 0.6 is 11.8 Å². The molecule has 138 valence electrons. The fourth-order valence-corrected chi connectivity index (χ4v) is 2.95. The van der Waals surface area contributed by atoms with Gasteiger partial charge in [0.1, 0.15) is 12.2 Å². The molecule has 0 aliphatic rings. The van der Waals surface area contributed by atoms with Gasteiger partial charge in [-0.1, -0.05) is 11.8 Å². The van der Waals surface area contributed by atoms with Gasteiger partial charge in [0.05, 0.1) is 12.4 Å². The summed E-state index contributed by atoms with van der Waals surface area (Å²) in [6.45, 7) is 3.48. The maximum absolute atomic E-state index is 12.3. The van der Waals surface area contributed by atoms with E-state index in [9.17, 15) is 14.4 Å². The van der Waals surface area contributed by atoms with Crippen molar-refractivity contribution < 1.29 is 19.1 Å². The van der Waals surface area contributed by atoms with Gasteiger partial charge in [-0.3, -0.25) is 14.4 Å². The zero-order valence-electron chi connectivity index (χ0n) is 14.8. The van der Waals surface area contributed by atoms with Gasteiger partial charge in [-0.15, -0.1) is 10.2 Å². The number of amides is 1. The average molecular weight is 376 g/mol. The van der Waals surface area contributed by atoms with Gasteiger partial charge >= 0.3 is 5.97 Å². The molecule has 0 fully saturated rings. The highest BCUT2D eigenvalue weighted by Gasteiger charge is 2.15. The highest BCUT2D eigenvalue weighted by atomic mass is 32.2. The van der Waals surface area contributed by atoms with E-state index in [0.717, 1.165) is 0 Å². The van der Waals surface area contributed by atoms with E-state index >= 15 is 0 Å². The number of nitrogens with zero attached hydrogens (tertiary/aromatic N) is 3. The van der Waals surface area contributed by atoms with E-state index in [0.29, 0.717) is 28.8 Å². The standard InChI is InChI=1S/C17H20N4O4S/c1-4-25-16(24)9-15-19-20-17(21(15)3)26-10-14(23)12-5-7-13(8-6-12)18-11(2)22/h5-8H,4,9-10H2,1-3H3,(H,18,22). The first-order chi connectivity index (χ1) is 12.4. The third kappa shape index (κ3) is 5.41. The quantitative estimate of drug-likeness (QED) is 0.426. The Morgan fingerprint density at radius 2 is 1.88 bits per heavy atom. The Morgan fingerprint density at radius 1 is 1.19 bits per heavy atom. The van der Waals surface area contributed by atoms with E-state index in [1.807, 2.05) is 0 Å². The Kier molecular flexibility index (Phi) is 6.90. The summed E-state index contributed by atoms with van der Waals surface area (Å²) in [6, 6.07) is 6.69. The highest BCUT2D eigenvalue weighted by molar-refractivity contribution is 7.99. The lowest BCUT2D eigenvalue weighted by molar-refractivity contribution is -0.142. The van der Waals surface area contributed by atoms with Crippen LogP contribution in [0.2, 0.25) is 0 Å². The van der Waals surface area contributed by atoms with E-state index in [-0.39, 0.29) is 29.8 Å². The van der Waals surface area contributed by atoms with Crippen LogP contribution < -0.4 is 5.32 Å². The second-order valence-corrected chi connectivity index (χ2v) is 6.35. The number of thioether (sulfide) groups is 1. The van der Waals surface area contributed by atoms with Crippen LogP contribution in [-0.4, -0.2) is 44.8 Å². The Hall–Kier alpha value is -2.68. The molecule has 1 heterocycles. The number of nitrogens with one attached hydrogen (secondary N) is 1. The smallest absolute Gasteiger partial charge is 0.313 e. The van der Waals surface area contributed by atoms with Crippen molar-refractivity contribution in [1.82, 2.24) is 14.8 Å². The van der Waals surface area contributed by atoms with Gasteiger partial charge in [0, 0.05) is 25.2 Å². The van der Waals surface area contributed by atoms with E-state index in [1.165, 1.54) is 18.7 Å². The molecule has 2 aromatic rings. The van der Waals surface area contributed by atoms with Crippen LogP contribution in [-0.2, 0) is 27.8 Å². The lowest BCUT2D eigenvalue weighted by atomic mass is 10.1. The molecule has 1 amide bonds. The summed E-state index contributed by atoms with van der Waals surface area (Å²) in [4.78, 5) is 34.8. The van der Waals surface area contributed by atoms with E-state index < -0.39 is 0 Å². The van der Waals surface area contributed by atoms with E-state index in [1.54, 1.807) is 42.8 Å². The number of anilines is 1. The molecule has 1 aromatic heterocycles. The molecule has 2 rings (SSSR count). The van der Waals surface area contributed by atoms with Crippen LogP contribution in [0.4, 0.5) is 5.69 Å². The zero-order valence-corrected chi connectivity index (χ0v) is 15.6. The van der Waals surface area contributed by atoms with Crippen LogP contribution in [0.1, 0.15) is 30.0 Å². The highest BCUT2D eigenvalue weighted by Crippen LogP contribution is 2.18. The third-order valence-electron chi connectivity index (χ3n) is 3.39. The third-order valence-corrected chi connectivity index (χ3v) is 4.41. The predicted molar refractivity (Wildman–Crippen MR) is 97.1 cm³/mol. The predicted octanol–water partition coefficient (Wildman–Crippen LogP) is 1.85. The molecular formula is C17H20N4O4S. The molecule has 0 aliphatic carbocycles. The second-order valence-electron chi connectivity index (χ2n) is 5.41. The Bertz CT molecular complexity index is 802. The number of rotatable bonds is 8. The summed E-state index contributed by atoms with van der Waals surface area (Å²) in [5, 5.41) is 11.2. The molecule has 0 saturated carbocycles. The molecule has 1 N–H and O–H groups in total. The van der Waals surface area contributed by atoms with Crippen LogP contribution in [0.5, 0.6) is 0 Å². The van der Waals surface area contributed by atoms with Crippen molar-refractivity contribution in [1.29, 1.82) is 0 Å². The fourth-order valence-electron chi connectivity index (χ4n) is 2.12. The topological polar surface area (TPSA) is 103 Å². The average Bonchev–Trinajstić information content (AvgIpc) is 2.93. The number of hydrogen-bond acceptors (Lipinski definition) is 7. The van der Waals surface area contributed by atoms with Crippen molar-refractivity contribution in [2.75, 3.05) is 17.7 Å². The van der Waals surface area contributed by atoms with Crippen molar-refractivity contribution in [3.8, 4) is 0 Å². The molecule has 0 saturated heterocycles. The van der Waals surface area contributed by atoms with E-state index in [4.69, 9.17) is 4.74 Å². The summed E-state index contributed by atoms with van der Waals surface area (Å²) in [5.41, 5.74) is 1.18. The van der Waals surface area contributed by atoms with Crippen molar-refractivity contribution in [3.63, 3.8) is 0 Å². The first-order valence-corrected chi connectivity index (χ1v) is 8.96. The minimum atomic E-state index is -0.366. The van der Waals surface area contributed by atoms with E-state index in [2.05, 4.69) is 15.5 Å². The first kappa shape index (κ1) is 19.6. The largest absolute Gasteiger partial charge is 0.466 e. The number of carbonyl (C=O) groups excluding carboxylic acids is 3. The summed E-state index contributed by atoms with van der Waals surface area (Å²) in [5.74, 6) is 0.0676. The second kappa shape index (κ2) is 9.14. The number of aromatic nitrogens is 3. The molecule has 0 bridgehead atoms. The van der Waals surface area contributed by atoms with Crippen LogP contribution in [0.3, 0.4) is 0 Å². The number of hydrogen-bond donors (Lipinski definition) is 1. The van der Waals surface area contributed by atoms with Gasteiger partial charge in [0.15, 0.2) is 10.9 Å². The lowest BCUT2D eigenvalue weighted by Crippen LogP contribution is -2.11. The minimum absolute atomic E-state index is 0.0382. The van der Waals surface area contributed by atoms with Gasteiger partial charge in [0.25, 0.3) is 0 Å². The molecule has 0 unspecified atom stereocenters. The molecule has 0 aliphatic heterocycles. The number of carbonyl (C=O) groups is 3. The number of esters is 1. The molecule has 9 heteroatoms. The molecule has 0 spiro atoms. The number of Topliss-reactive ketones (excluding diaryl/α,β-unsaturated/α-hetero) is 1. The molecule has 0 radical (unpaired) electrons. The van der Waals surface area contributed by atoms with Crippen molar-refractivity contribution in [2.45, 2.75) is 25.4 Å². The van der Waals surface area contributed by atoms with Crippen molar-refractivity contribution in [2.24, 2.45) is 7.05 Å². The SMILES string of the molecule is CCOC(=O)Cc1nnc(SCC(=O)c2ccc(NC(C)=O)cc2)n1C. The van der Waals surface area contributed by atoms with Gasteiger partial charge < -0.3 is 14.6 Å². The van der Waals surface area contributed by atoms with Gasteiger partial charge in [-0.25, -0.2) is 0 Å². The molecule has 8 nitrogen and oxygen atoms in total. The zero-order chi connectivity index (χ0) is 19.1. The normalized spacial score (nSPS) is 10.4. The lowest BCUT2D eigenvalue weighted by Gasteiger charge is -2.05. The van der Waals surface area contributed by atoms with Crippen LogP contribution in [0.15, 0.2) is 29.4 Å². The summed E-state index contributed by atoms with van der Waals surface area (Å²) >= 11 is 1.24. The minimum Gasteiger partial charge on any atom is -0.466 e. The number of ketones is 1. The summed E-state index contributed by atoms with van der Waals surface area (Å²) in [6.07, 6.45) is 0.0382. The number of benzene rings is 1. The van der Waals surface area contributed by atoms with Gasteiger partial charge in [0.2, 0.25) is 5.91 Å². The maximum atomic E-state index is 12.3.